The molecule has 1 heterocycles. The molecule has 0 aromatic heterocycles. The van der Waals surface area contributed by atoms with E-state index in [-0.39, 0.29) is 17.1 Å². The van der Waals surface area contributed by atoms with Crippen molar-refractivity contribution in [2.45, 2.75) is 70.1 Å². The van der Waals surface area contributed by atoms with Crippen molar-refractivity contribution in [3.05, 3.63) is 60.3 Å². The van der Waals surface area contributed by atoms with Crippen molar-refractivity contribution in [1.82, 2.24) is 0 Å². The molecule has 2 rings (SSSR count). The first kappa shape index (κ1) is 29.1. The van der Waals surface area contributed by atoms with Crippen LogP contribution in [0.3, 0.4) is 0 Å². The van der Waals surface area contributed by atoms with Crippen LogP contribution in [0.4, 0.5) is 5.69 Å². The zero-order chi connectivity index (χ0) is 25.3. The molecule has 0 spiro atoms. The van der Waals surface area contributed by atoms with Gasteiger partial charge < -0.3 is 4.90 Å². The Morgan fingerprint density at radius 3 is 2.09 bits per heavy atom. The molecule has 1 aliphatic heterocycles. The standard InChI is InChI=1S/C18H23NO6S2.C6H14/c1-4-5-6-8-17-18(2,3)15-13-14(27(23,24)25)9-10-16(15)19(17)11-7-12-26(20,21)22;1-3-5-6-4-2/h4-6,8-10,13H,1,7,11-12H2,2-3H3,(H,20,21,22)(H,23,24,25);3-6H2,1-2H3/b6-5+,17-8+;. The highest BCUT2D eigenvalue weighted by molar-refractivity contribution is 7.86. The van der Waals surface area contributed by atoms with Crippen LogP contribution >= 0.6 is 0 Å². The zero-order valence-electron chi connectivity index (χ0n) is 20.0. The van der Waals surface area contributed by atoms with E-state index in [1.54, 1.807) is 24.3 Å². The van der Waals surface area contributed by atoms with E-state index in [9.17, 15) is 21.4 Å². The lowest BCUT2D eigenvalue weighted by Gasteiger charge is -2.26. The lowest BCUT2D eigenvalue weighted by atomic mass is 9.83. The second-order valence-electron chi connectivity index (χ2n) is 8.45. The third-order valence-electron chi connectivity index (χ3n) is 5.40. The second kappa shape index (κ2) is 12.5. The van der Waals surface area contributed by atoms with Crippen LogP contribution in [0.2, 0.25) is 0 Å². The first-order valence-corrected chi connectivity index (χ1v) is 14.2. The molecule has 9 heteroatoms. The number of rotatable bonds is 10. The molecule has 0 unspecified atom stereocenters. The number of hydrogen-bond acceptors (Lipinski definition) is 5. The third-order valence-corrected chi connectivity index (χ3v) is 7.06. The molecule has 186 valence electrons. The second-order valence-corrected chi connectivity index (χ2v) is 11.4. The van der Waals surface area contributed by atoms with E-state index in [0.29, 0.717) is 12.1 Å². The fourth-order valence-electron chi connectivity index (χ4n) is 3.69. The Labute approximate surface area is 199 Å². The summed E-state index contributed by atoms with van der Waals surface area (Å²) in [7, 11) is -8.42. The Morgan fingerprint density at radius 1 is 1.00 bits per heavy atom. The number of unbranched alkanes of at least 4 members (excludes halogenated alkanes) is 3. The molecule has 1 aromatic rings. The molecule has 1 aromatic carbocycles. The first-order valence-electron chi connectivity index (χ1n) is 11.1. The zero-order valence-corrected chi connectivity index (χ0v) is 21.6. The summed E-state index contributed by atoms with van der Waals surface area (Å²) in [6.45, 7) is 12.2. The summed E-state index contributed by atoms with van der Waals surface area (Å²) in [4.78, 5) is 1.69. The van der Waals surface area contributed by atoms with Crippen molar-refractivity contribution in [2.75, 3.05) is 17.2 Å². The van der Waals surface area contributed by atoms with Gasteiger partial charge in [-0.05, 0) is 36.3 Å². The number of nitrogens with zero attached hydrogens (tertiary/aromatic N) is 1. The van der Waals surface area contributed by atoms with Gasteiger partial charge in [0.25, 0.3) is 20.2 Å². The van der Waals surface area contributed by atoms with Crippen molar-refractivity contribution in [1.29, 1.82) is 0 Å². The van der Waals surface area contributed by atoms with E-state index in [1.165, 1.54) is 37.8 Å². The highest BCUT2D eigenvalue weighted by Gasteiger charge is 2.40. The van der Waals surface area contributed by atoms with Crippen LogP contribution in [0.25, 0.3) is 0 Å². The lowest BCUT2D eigenvalue weighted by Crippen LogP contribution is -2.28. The topological polar surface area (TPSA) is 112 Å². The molecule has 0 bridgehead atoms. The van der Waals surface area contributed by atoms with Crippen molar-refractivity contribution in [3.63, 3.8) is 0 Å². The van der Waals surface area contributed by atoms with Crippen LogP contribution in [0.1, 0.15) is 65.4 Å². The molecular weight excluding hydrogens is 462 g/mol. The van der Waals surface area contributed by atoms with E-state index in [4.69, 9.17) is 4.55 Å². The number of fused-ring (bicyclic) bond motifs is 1. The number of hydrogen-bond donors (Lipinski definition) is 2. The van der Waals surface area contributed by atoms with Gasteiger partial charge in [-0.15, -0.1) is 0 Å². The maximum absolute atomic E-state index is 11.5. The lowest BCUT2D eigenvalue weighted by molar-refractivity contribution is 0.479. The SMILES string of the molecule is C=C/C=C/C=C1/N(CCCS(=O)(=O)O)c2ccc(S(=O)(=O)O)cc2C1(C)C.CCCCCC. The van der Waals surface area contributed by atoms with Gasteiger partial charge in [0.05, 0.1) is 10.6 Å². The highest BCUT2D eigenvalue weighted by Crippen LogP contribution is 2.48. The maximum atomic E-state index is 11.5. The molecule has 0 fully saturated rings. The van der Waals surface area contributed by atoms with E-state index in [0.717, 1.165) is 11.4 Å². The van der Waals surface area contributed by atoms with Gasteiger partial charge >= 0.3 is 0 Å². The third kappa shape index (κ3) is 8.73. The summed E-state index contributed by atoms with van der Waals surface area (Å²) in [5.74, 6) is -0.377. The minimum atomic E-state index is -4.34. The Kier molecular flexibility index (Phi) is 11.0. The minimum Gasteiger partial charge on any atom is -0.344 e. The van der Waals surface area contributed by atoms with Gasteiger partial charge in [0.2, 0.25) is 0 Å². The molecule has 0 radical (unpaired) electrons. The molecule has 0 amide bonds. The monoisotopic (exact) mass is 499 g/mol. The Bertz CT molecular complexity index is 1070. The van der Waals surface area contributed by atoms with Crippen LogP contribution in [0.15, 0.2) is 59.7 Å². The van der Waals surface area contributed by atoms with Crippen LogP contribution in [-0.2, 0) is 25.7 Å². The average molecular weight is 500 g/mol. The molecule has 33 heavy (non-hydrogen) atoms. The van der Waals surface area contributed by atoms with E-state index >= 15 is 0 Å². The van der Waals surface area contributed by atoms with Gasteiger partial charge in [-0.2, -0.15) is 16.8 Å². The quantitative estimate of drug-likeness (QED) is 0.247. The van der Waals surface area contributed by atoms with Crippen LogP contribution in [-0.4, -0.2) is 38.2 Å². The van der Waals surface area contributed by atoms with Crippen molar-refractivity contribution < 1.29 is 25.9 Å². The number of benzene rings is 1. The van der Waals surface area contributed by atoms with E-state index < -0.39 is 25.7 Å². The summed E-state index contributed by atoms with van der Waals surface area (Å²) in [6, 6.07) is 4.33. The molecule has 2 N–H and O–H groups in total. The summed E-state index contributed by atoms with van der Waals surface area (Å²) in [5.41, 5.74) is 1.67. The largest absolute Gasteiger partial charge is 0.344 e. The maximum Gasteiger partial charge on any atom is 0.294 e. The Hall–Kier alpha value is -1.94. The molecule has 0 atom stereocenters. The van der Waals surface area contributed by atoms with Crippen LogP contribution < -0.4 is 4.90 Å². The first-order chi connectivity index (χ1) is 15.3. The van der Waals surface area contributed by atoms with Gasteiger partial charge in [-0.1, -0.05) is 78.2 Å². The van der Waals surface area contributed by atoms with Gasteiger partial charge in [-0.3, -0.25) is 9.11 Å². The minimum absolute atomic E-state index is 0.191. The van der Waals surface area contributed by atoms with E-state index in [2.05, 4.69) is 20.4 Å². The fraction of sp³-hybridized carbons (Fsp3) is 0.500. The predicted molar refractivity (Wildman–Crippen MR) is 135 cm³/mol. The molecule has 0 saturated heterocycles. The molecule has 0 aliphatic carbocycles. The van der Waals surface area contributed by atoms with Crippen molar-refractivity contribution >= 4 is 25.9 Å². The fourth-order valence-corrected chi connectivity index (χ4v) is 4.69. The molecule has 1 aliphatic rings. The van der Waals surface area contributed by atoms with Gasteiger partial charge in [0.1, 0.15) is 0 Å². The highest BCUT2D eigenvalue weighted by atomic mass is 32.2. The van der Waals surface area contributed by atoms with Crippen molar-refractivity contribution in [2.24, 2.45) is 0 Å². The smallest absolute Gasteiger partial charge is 0.294 e. The summed E-state index contributed by atoms with van der Waals surface area (Å²) < 4.78 is 63.4. The molecular formula is C24H37NO6S2. The summed E-state index contributed by atoms with van der Waals surface area (Å²) >= 11 is 0. The summed E-state index contributed by atoms with van der Waals surface area (Å²) in [5, 5.41) is 0. The molecule has 0 saturated carbocycles. The summed E-state index contributed by atoms with van der Waals surface area (Å²) in [6.07, 6.45) is 12.7. The van der Waals surface area contributed by atoms with E-state index in [1.807, 2.05) is 24.8 Å². The average Bonchev–Trinajstić information content (AvgIpc) is 2.92. The Morgan fingerprint density at radius 2 is 1.61 bits per heavy atom. The number of anilines is 1. The normalized spacial score (nSPS) is 16.5. The Balaban J connectivity index is 0.000000801. The van der Waals surface area contributed by atoms with Crippen LogP contribution in [0.5, 0.6) is 0 Å². The van der Waals surface area contributed by atoms with Crippen molar-refractivity contribution in [3.8, 4) is 0 Å². The van der Waals surface area contributed by atoms with Crippen LogP contribution in [0, 0.1) is 0 Å². The van der Waals surface area contributed by atoms with Gasteiger partial charge in [0, 0.05) is 23.3 Å². The number of allylic oxidation sites excluding steroid dienone is 5. The predicted octanol–water partition coefficient (Wildman–Crippen LogP) is 5.52. The molecule has 7 nitrogen and oxygen atoms in total. The van der Waals surface area contributed by atoms with Gasteiger partial charge in [0.15, 0.2) is 0 Å². The van der Waals surface area contributed by atoms with Gasteiger partial charge in [-0.25, -0.2) is 0 Å².